The Bertz CT molecular complexity index is 721. The van der Waals surface area contributed by atoms with Crippen LogP contribution in [0.2, 0.25) is 0 Å². The lowest BCUT2D eigenvalue weighted by Gasteiger charge is -2.18. The predicted molar refractivity (Wildman–Crippen MR) is 85.5 cm³/mol. The third kappa shape index (κ3) is 1.94. The summed E-state index contributed by atoms with van der Waals surface area (Å²) in [5.41, 5.74) is 4.10. The van der Waals surface area contributed by atoms with Crippen LogP contribution in [-0.4, -0.2) is 22.7 Å². The van der Waals surface area contributed by atoms with Gasteiger partial charge in [0.15, 0.2) is 0 Å². The predicted octanol–water partition coefficient (Wildman–Crippen LogP) is 2.07. The largest absolute Gasteiger partial charge is 0.272 e. The Morgan fingerprint density at radius 1 is 1.26 bits per heavy atom. The van der Waals surface area contributed by atoms with Crippen molar-refractivity contribution in [1.82, 2.24) is 10.4 Å². The van der Waals surface area contributed by atoms with Crippen LogP contribution in [-0.2, 0) is 16.0 Å². The minimum Gasteiger partial charge on any atom is -0.272 e. The molecule has 6 heteroatoms. The smallest absolute Gasteiger partial charge is 0.271 e. The average molecular weight is 330 g/mol. The van der Waals surface area contributed by atoms with Crippen molar-refractivity contribution in [3.05, 3.63) is 33.5 Å². The molecule has 2 fully saturated rings. The number of carbonyl (C=O) groups is 3. The second kappa shape index (κ2) is 5.03. The van der Waals surface area contributed by atoms with Gasteiger partial charge in [-0.1, -0.05) is 19.1 Å². The Kier molecular flexibility index (Phi) is 3.20. The van der Waals surface area contributed by atoms with Gasteiger partial charge in [-0.2, -0.15) is 5.01 Å². The molecule has 1 aromatic rings. The lowest BCUT2D eigenvalue weighted by atomic mass is 9.85. The summed E-state index contributed by atoms with van der Waals surface area (Å²) >= 11 is 1.51. The normalized spacial score (nSPS) is 31.1. The average Bonchev–Trinajstić information content (AvgIpc) is 3.27. The first kappa shape index (κ1) is 14.6. The summed E-state index contributed by atoms with van der Waals surface area (Å²) in [4.78, 5) is 38.8. The van der Waals surface area contributed by atoms with Crippen LogP contribution in [0.5, 0.6) is 0 Å². The number of thiophene rings is 1. The minimum atomic E-state index is -0.367. The molecule has 0 spiro atoms. The molecule has 5 nitrogen and oxygen atoms in total. The van der Waals surface area contributed by atoms with E-state index < -0.39 is 0 Å². The third-order valence-corrected chi connectivity index (χ3v) is 6.34. The SMILES string of the molecule is CCc1c(C(=O)NN2C(=O)C3C4C=CC(C4)C3C2=O)csc1C. The Balaban J connectivity index is 1.57. The molecule has 4 atom stereocenters. The molecule has 4 rings (SSSR count). The first-order valence-corrected chi connectivity index (χ1v) is 8.85. The molecular formula is C17H18N2O3S. The van der Waals surface area contributed by atoms with E-state index in [1.165, 1.54) is 11.3 Å². The fraction of sp³-hybridized carbons (Fsp3) is 0.471. The van der Waals surface area contributed by atoms with E-state index in [9.17, 15) is 14.4 Å². The number of nitrogens with zero attached hydrogens (tertiary/aromatic N) is 1. The number of aryl methyl sites for hydroxylation is 1. The molecule has 1 saturated heterocycles. The molecule has 1 aromatic heterocycles. The summed E-state index contributed by atoms with van der Waals surface area (Å²) in [6.45, 7) is 3.96. The van der Waals surface area contributed by atoms with E-state index in [0.29, 0.717) is 5.56 Å². The van der Waals surface area contributed by atoms with E-state index in [0.717, 1.165) is 28.3 Å². The highest BCUT2D eigenvalue weighted by Crippen LogP contribution is 2.52. The van der Waals surface area contributed by atoms with Crippen LogP contribution in [0.15, 0.2) is 17.5 Å². The molecule has 0 aromatic carbocycles. The van der Waals surface area contributed by atoms with Crippen LogP contribution < -0.4 is 5.43 Å². The summed E-state index contributed by atoms with van der Waals surface area (Å²) < 4.78 is 0. The van der Waals surface area contributed by atoms with E-state index in [4.69, 9.17) is 0 Å². The summed E-state index contributed by atoms with van der Waals surface area (Å²) in [5.74, 6) is -1.14. The number of carbonyl (C=O) groups excluding carboxylic acids is 3. The first-order chi connectivity index (χ1) is 11.0. The van der Waals surface area contributed by atoms with Crippen molar-refractivity contribution in [1.29, 1.82) is 0 Å². The van der Waals surface area contributed by atoms with Crippen LogP contribution in [0.4, 0.5) is 0 Å². The van der Waals surface area contributed by atoms with Crippen LogP contribution in [0.1, 0.15) is 34.1 Å². The van der Waals surface area contributed by atoms with Gasteiger partial charge in [0.25, 0.3) is 17.7 Å². The summed E-state index contributed by atoms with van der Waals surface area (Å²) in [6.07, 6.45) is 5.72. The van der Waals surface area contributed by atoms with Gasteiger partial charge in [-0.15, -0.1) is 11.3 Å². The number of imide groups is 1. The van der Waals surface area contributed by atoms with Gasteiger partial charge >= 0.3 is 0 Å². The van der Waals surface area contributed by atoms with E-state index in [-0.39, 0.29) is 41.4 Å². The molecule has 1 saturated carbocycles. The lowest BCUT2D eigenvalue weighted by Crippen LogP contribution is -2.47. The molecule has 120 valence electrons. The molecule has 2 heterocycles. The Labute approximate surface area is 138 Å². The minimum absolute atomic E-state index is 0.151. The number of allylic oxidation sites excluding steroid dienone is 2. The van der Waals surface area contributed by atoms with Gasteiger partial charge in [0.2, 0.25) is 0 Å². The second-order valence-electron chi connectivity index (χ2n) is 6.49. The van der Waals surface area contributed by atoms with Crippen molar-refractivity contribution in [2.24, 2.45) is 23.7 Å². The van der Waals surface area contributed by atoms with Gasteiger partial charge in [-0.05, 0) is 37.2 Å². The zero-order chi connectivity index (χ0) is 16.3. The number of fused-ring (bicyclic) bond motifs is 5. The third-order valence-electron chi connectivity index (χ3n) is 5.39. The van der Waals surface area contributed by atoms with Crippen molar-refractivity contribution in [3.63, 3.8) is 0 Å². The Hall–Kier alpha value is -1.95. The number of amides is 3. The van der Waals surface area contributed by atoms with Crippen molar-refractivity contribution in [3.8, 4) is 0 Å². The fourth-order valence-electron chi connectivity index (χ4n) is 4.28. The van der Waals surface area contributed by atoms with Gasteiger partial charge in [0.1, 0.15) is 0 Å². The summed E-state index contributed by atoms with van der Waals surface area (Å²) in [7, 11) is 0. The van der Waals surface area contributed by atoms with Crippen molar-refractivity contribution in [2.75, 3.05) is 0 Å². The number of rotatable bonds is 3. The lowest BCUT2D eigenvalue weighted by molar-refractivity contribution is -0.143. The van der Waals surface area contributed by atoms with E-state index in [1.807, 2.05) is 26.0 Å². The molecule has 1 aliphatic heterocycles. The molecule has 23 heavy (non-hydrogen) atoms. The van der Waals surface area contributed by atoms with Crippen molar-refractivity contribution >= 4 is 29.1 Å². The van der Waals surface area contributed by atoms with Crippen molar-refractivity contribution < 1.29 is 14.4 Å². The highest BCUT2D eigenvalue weighted by molar-refractivity contribution is 7.10. The van der Waals surface area contributed by atoms with Crippen molar-refractivity contribution in [2.45, 2.75) is 26.7 Å². The standard InChI is InChI=1S/C17H18N2O3S/c1-3-11-8(2)23-7-12(11)15(20)18-19-16(21)13-9-4-5-10(6-9)14(13)17(19)22/h4-5,7,9-10,13-14H,3,6H2,1-2H3,(H,18,20). The Morgan fingerprint density at radius 2 is 1.87 bits per heavy atom. The number of hydrogen-bond acceptors (Lipinski definition) is 4. The topological polar surface area (TPSA) is 66.5 Å². The number of hydrogen-bond donors (Lipinski definition) is 1. The van der Waals surface area contributed by atoms with Gasteiger partial charge in [0, 0.05) is 10.3 Å². The summed E-state index contributed by atoms with van der Waals surface area (Å²) in [5, 5.41) is 2.76. The van der Waals surface area contributed by atoms with Gasteiger partial charge in [-0.3, -0.25) is 19.8 Å². The number of hydrazine groups is 1. The molecular weight excluding hydrogens is 312 g/mol. The zero-order valence-corrected chi connectivity index (χ0v) is 13.9. The van der Waals surface area contributed by atoms with Gasteiger partial charge in [0.05, 0.1) is 17.4 Å². The van der Waals surface area contributed by atoms with Crippen LogP contribution in [0.3, 0.4) is 0 Å². The Morgan fingerprint density at radius 3 is 2.43 bits per heavy atom. The second-order valence-corrected chi connectivity index (χ2v) is 7.57. The maximum absolute atomic E-state index is 12.6. The summed E-state index contributed by atoms with van der Waals surface area (Å²) in [6, 6.07) is 0. The highest BCUT2D eigenvalue weighted by atomic mass is 32.1. The van der Waals surface area contributed by atoms with E-state index >= 15 is 0 Å². The fourth-order valence-corrected chi connectivity index (χ4v) is 5.22. The van der Waals surface area contributed by atoms with Crippen LogP contribution >= 0.6 is 11.3 Å². The molecule has 3 amide bonds. The monoisotopic (exact) mass is 330 g/mol. The molecule has 2 bridgehead atoms. The maximum atomic E-state index is 12.6. The highest BCUT2D eigenvalue weighted by Gasteiger charge is 2.59. The molecule has 3 aliphatic rings. The maximum Gasteiger partial charge on any atom is 0.271 e. The van der Waals surface area contributed by atoms with Gasteiger partial charge in [-0.25, -0.2) is 0 Å². The van der Waals surface area contributed by atoms with E-state index in [1.54, 1.807) is 5.38 Å². The molecule has 0 radical (unpaired) electrons. The first-order valence-electron chi connectivity index (χ1n) is 7.97. The molecule has 4 unspecified atom stereocenters. The van der Waals surface area contributed by atoms with E-state index in [2.05, 4.69) is 5.43 Å². The number of nitrogens with one attached hydrogen (secondary N) is 1. The van der Waals surface area contributed by atoms with Crippen LogP contribution in [0, 0.1) is 30.6 Å². The van der Waals surface area contributed by atoms with Crippen LogP contribution in [0.25, 0.3) is 0 Å². The quantitative estimate of drug-likeness (QED) is 0.681. The zero-order valence-electron chi connectivity index (χ0n) is 13.0. The molecule has 1 N–H and O–H groups in total. The van der Waals surface area contributed by atoms with Gasteiger partial charge < -0.3 is 0 Å². The molecule has 2 aliphatic carbocycles.